The molecule has 0 aliphatic rings. The molecule has 0 saturated carbocycles. The van der Waals surface area contributed by atoms with Gasteiger partial charge in [-0.05, 0) is 67.6 Å². The van der Waals surface area contributed by atoms with Gasteiger partial charge in [-0.3, -0.25) is 0 Å². The molecule has 2 N–H and O–H groups in total. The number of carboxylic acids is 1. The zero-order valence-corrected chi connectivity index (χ0v) is 14.6. The number of aromatic carboxylic acids is 1. The van der Waals surface area contributed by atoms with Gasteiger partial charge in [-0.1, -0.05) is 0 Å². The van der Waals surface area contributed by atoms with Crippen LogP contribution in [0.3, 0.4) is 0 Å². The maximum absolute atomic E-state index is 12.3. The van der Waals surface area contributed by atoms with Crippen molar-refractivity contribution in [1.82, 2.24) is 9.62 Å². The highest BCUT2D eigenvalue weighted by Gasteiger charge is 2.21. The van der Waals surface area contributed by atoms with Crippen LogP contribution in [-0.2, 0) is 10.0 Å². The van der Waals surface area contributed by atoms with E-state index in [1.807, 2.05) is 19.0 Å². The molecular weight excluding hydrogens is 360 g/mol. The number of carbonyl (C=O) groups is 1. The topological polar surface area (TPSA) is 86.7 Å². The minimum Gasteiger partial charge on any atom is -0.478 e. The first kappa shape index (κ1) is 18.1. The average molecular weight is 379 g/mol. The maximum Gasteiger partial charge on any atom is 0.335 e. The van der Waals surface area contributed by atoms with Gasteiger partial charge in [0.2, 0.25) is 10.0 Å². The Morgan fingerprint density at radius 1 is 1.38 bits per heavy atom. The van der Waals surface area contributed by atoms with Crippen molar-refractivity contribution in [3.63, 3.8) is 0 Å². The van der Waals surface area contributed by atoms with Crippen LogP contribution in [0.4, 0.5) is 0 Å². The normalized spacial score (nSPS) is 11.9. The fraction of sp³-hybridized carbons (Fsp3) is 0.462. The quantitative estimate of drug-likeness (QED) is 0.704. The minimum absolute atomic E-state index is 0.0512. The Kier molecular flexibility index (Phi) is 6.33. The SMILES string of the molecule is Cc1cc(C(=O)O)cc(S(=O)(=O)NCCCN(C)C)c1Br. The molecular formula is C13H19BrN2O4S. The third-order valence-corrected chi connectivity index (χ3v) is 5.63. The van der Waals surface area contributed by atoms with Crippen LogP contribution in [0, 0.1) is 6.92 Å². The first-order valence-electron chi connectivity index (χ1n) is 6.33. The Bertz CT molecular complexity index is 629. The highest BCUT2D eigenvalue weighted by Crippen LogP contribution is 2.27. The number of sulfonamides is 1. The predicted molar refractivity (Wildman–Crippen MR) is 84.2 cm³/mol. The summed E-state index contributed by atoms with van der Waals surface area (Å²) in [5.41, 5.74) is 0.507. The smallest absolute Gasteiger partial charge is 0.335 e. The van der Waals surface area contributed by atoms with Crippen molar-refractivity contribution in [2.24, 2.45) is 0 Å². The molecule has 0 atom stereocenters. The van der Waals surface area contributed by atoms with E-state index in [-0.39, 0.29) is 10.5 Å². The number of nitrogens with zero attached hydrogens (tertiary/aromatic N) is 1. The summed E-state index contributed by atoms with van der Waals surface area (Å²) < 4.78 is 27.4. The molecule has 6 nitrogen and oxygen atoms in total. The van der Waals surface area contributed by atoms with Crippen LogP contribution in [0.1, 0.15) is 22.3 Å². The number of hydrogen-bond acceptors (Lipinski definition) is 4. The summed E-state index contributed by atoms with van der Waals surface area (Å²) in [6.07, 6.45) is 0.668. The fourth-order valence-corrected chi connectivity index (χ4v) is 3.85. The van der Waals surface area contributed by atoms with Gasteiger partial charge in [0.15, 0.2) is 0 Å². The van der Waals surface area contributed by atoms with Gasteiger partial charge in [-0.15, -0.1) is 0 Å². The summed E-state index contributed by atoms with van der Waals surface area (Å²) in [7, 11) is 0.0689. The number of hydrogen-bond donors (Lipinski definition) is 2. The van der Waals surface area contributed by atoms with Crippen molar-refractivity contribution in [3.05, 3.63) is 27.7 Å². The van der Waals surface area contributed by atoms with E-state index in [0.29, 0.717) is 23.0 Å². The van der Waals surface area contributed by atoms with Gasteiger partial charge >= 0.3 is 5.97 Å². The summed E-state index contributed by atoms with van der Waals surface area (Å²) in [5.74, 6) is -1.16. The summed E-state index contributed by atoms with van der Waals surface area (Å²) >= 11 is 3.21. The summed E-state index contributed by atoms with van der Waals surface area (Å²) in [5, 5.41) is 9.03. The summed E-state index contributed by atoms with van der Waals surface area (Å²) in [6, 6.07) is 2.59. The fourth-order valence-electron chi connectivity index (χ4n) is 1.74. The van der Waals surface area contributed by atoms with E-state index in [1.165, 1.54) is 6.07 Å². The lowest BCUT2D eigenvalue weighted by Crippen LogP contribution is -2.28. The van der Waals surface area contributed by atoms with Gasteiger partial charge in [0.25, 0.3) is 0 Å². The predicted octanol–water partition coefficient (Wildman–Crippen LogP) is 1.69. The molecule has 0 heterocycles. The van der Waals surface area contributed by atoms with Crippen LogP contribution < -0.4 is 4.72 Å². The molecule has 0 unspecified atom stereocenters. The Balaban J connectivity index is 2.99. The lowest BCUT2D eigenvalue weighted by molar-refractivity contribution is 0.0696. The second-order valence-electron chi connectivity index (χ2n) is 4.97. The molecule has 0 aliphatic heterocycles. The van der Waals surface area contributed by atoms with Gasteiger partial charge in [0.1, 0.15) is 0 Å². The maximum atomic E-state index is 12.3. The van der Waals surface area contributed by atoms with E-state index in [2.05, 4.69) is 20.7 Å². The van der Waals surface area contributed by atoms with Crippen molar-refractivity contribution in [2.75, 3.05) is 27.2 Å². The van der Waals surface area contributed by atoms with E-state index in [4.69, 9.17) is 5.11 Å². The zero-order valence-electron chi connectivity index (χ0n) is 12.2. The molecule has 0 bridgehead atoms. The summed E-state index contributed by atoms with van der Waals surface area (Å²) in [6.45, 7) is 2.71. The number of rotatable bonds is 7. The molecule has 0 aliphatic carbocycles. The number of carboxylic acid groups (broad SMARTS) is 1. The van der Waals surface area contributed by atoms with E-state index >= 15 is 0 Å². The lowest BCUT2D eigenvalue weighted by atomic mass is 10.1. The highest BCUT2D eigenvalue weighted by atomic mass is 79.9. The summed E-state index contributed by atoms with van der Waals surface area (Å²) in [4.78, 5) is 12.9. The van der Waals surface area contributed by atoms with Gasteiger partial charge < -0.3 is 10.0 Å². The standard InChI is InChI=1S/C13H19BrN2O4S/c1-9-7-10(13(17)18)8-11(12(9)14)21(19,20)15-5-4-6-16(2)3/h7-8,15H,4-6H2,1-3H3,(H,17,18). The number of aryl methyl sites for hydroxylation is 1. The van der Waals surface area contributed by atoms with Crippen molar-refractivity contribution in [3.8, 4) is 0 Å². The van der Waals surface area contributed by atoms with Crippen LogP contribution in [0.2, 0.25) is 0 Å². The number of nitrogens with one attached hydrogen (secondary N) is 1. The molecule has 1 aromatic rings. The van der Waals surface area contributed by atoms with Crippen LogP contribution >= 0.6 is 15.9 Å². The molecule has 0 fully saturated rings. The van der Waals surface area contributed by atoms with Gasteiger partial charge in [-0.25, -0.2) is 17.9 Å². The molecule has 118 valence electrons. The van der Waals surface area contributed by atoms with Gasteiger partial charge in [0, 0.05) is 11.0 Å². The van der Waals surface area contributed by atoms with E-state index in [9.17, 15) is 13.2 Å². The van der Waals surface area contributed by atoms with Crippen LogP contribution in [-0.4, -0.2) is 51.6 Å². The number of halogens is 1. The Hall–Kier alpha value is -0.960. The first-order chi connectivity index (χ1) is 9.65. The first-order valence-corrected chi connectivity index (χ1v) is 8.60. The van der Waals surface area contributed by atoms with Crippen LogP contribution in [0.25, 0.3) is 0 Å². The van der Waals surface area contributed by atoms with Crippen LogP contribution in [0.5, 0.6) is 0 Å². The molecule has 21 heavy (non-hydrogen) atoms. The van der Waals surface area contributed by atoms with Crippen LogP contribution in [0.15, 0.2) is 21.5 Å². The van der Waals surface area contributed by atoms with Gasteiger partial charge in [0.05, 0.1) is 10.5 Å². The molecule has 0 spiro atoms. The largest absolute Gasteiger partial charge is 0.478 e. The minimum atomic E-state index is -3.75. The van der Waals surface area contributed by atoms with Crippen molar-refractivity contribution < 1.29 is 18.3 Å². The van der Waals surface area contributed by atoms with Crippen molar-refractivity contribution in [2.45, 2.75) is 18.2 Å². The number of benzene rings is 1. The van der Waals surface area contributed by atoms with Crippen molar-refractivity contribution in [1.29, 1.82) is 0 Å². The Labute approximate surface area is 133 Å². The van der Waals surface area contributed by atoms with E-state index < -0.39 is 16.0 Å². The van der Waals surface area contributed by atoms with Gasteiger partial charge in [-0.2, -0.15) is 0 Å². The molecule has 1 rings (SSSR count). The Morgan fingerprint density at radius 2 is 2.00 bits per heavy atom. The zero-order chi connectivity index (χ0) is 16.2. The third kappa shape index (κ3) is 5.06. The van der Waals surface area contributed by atoms with E-state index in [1.54, 1.807) is 6.92 Å². The third-order valence-electron chi connectivity index (χ3n) is 2.83. The average Bonchev–Trinajstić information content (AvgIpc) is 2.37. The second kappa shape index (κ2) is 7.35. The second-order valence-corrected chi connectivity index (χ2v) is 7.49. The van der Waals surface area contributed by atoms with E-state index in [0.717, 1.165) is 12.6 Å². The molecule has 1 aromatic carbocycles. The van der Waals surface area contributed by atoms with Crippen molar-refractivity contribution >= 4 is 31.9 Å². The highest BCUT2D eigenvalue weighted by molar-refractivity contribution is 9.10. The Morgan fingerprint density at radius 3 is 2.52 bits per heavy atom. The molecule has 0 amide bonds. The molecule has 0 aromatic heterocycles. The molecule has 8 heteroatoms. The lowest BCUT2D eigenvalue weighted by Gasteiger charge is -2.13. The molecule has 0 saturated heterocycles. The molecule has 0 radical (unpaired) electrons. The monoisotopic (exact) mass is 378 g/mol.